The van der Waals surface area contributed by atoms with E-state index in [0.29, 0.717) is 17.1 Å². The number of hydrogen-bond acceptors (Lipinski definition) is 8. The Balaban J connectivity index is 1.50. The number of carbonyl (C=O) groups excluding carboxylic acids is 1. The highest BCUT2D eigenvalue weighted by atomic mass is 35.5. The summed E-state index contributed by atoms with van der Waals surface area (Å²) in [5.74, 6) is 0.00548. The first-order valence-corrected chi connectivity index (χ1v) is 14.0. The third-order valence-corrected chi connectivity index (χ3v) is 8.45. The summed E-state index contributed by atoms with van der Waals surface area (Å²) in [5, 5.41) is 3.53. The zero-order chi connectivity index (χ0) is 26.1. The van der Waals surface area contributed by atoms with E-state index < -0.39 is 34.9 Å². The predicted octanol–water partition coefficient (Wildman–Crippen LogP) is 5.08. The van der Waals surface area contributed by atoms with Crippen molar-refractivity contribution in [2.45, 2.75) is 4.90 Å². The van der Waals surface area contributed by atoms with Gasteiger partial charge in [0.1, 0.15) is 12.1 Å². The van der Waals surface area contributed by atoms with Crippen molar-refractivity contribution in [2.24, 2.45) is 0 Å². The molecule has 2 aromatic heterocycles. The average molecular weight is 570 g/mol. The van der Waals surface area contributed by atoms with E-state index in [0.717, 1.165) is 23.0 Å². The summed E-state index contributed by atoms with van der Waals surface area (Å²) in [6, 6.07) is 13.4. The summed E-state index contributed by atoms with van der Waals surface area (Å²) in [6.45, 7) is 0. The van der Waals surface area contributed by atoms with Crippen LogP contribution < -0.4 is 5.32 Å². The van der Waals surface area contributed by atoms with Gasteiger partial charge in [0.05, 0.1) is 23.1 Å². The van der Waals surface area contributed by atoms with Gasteiger partial charge in [0, 0.05) is 33.5 Å². The number of fused-ring (bicyclic) bond motifs is 1. The Hall–Kier alpha value is -2.92. The van der Waals surface area contributed by atoms with Crippen molar-refractivity contribution in [3.8, 4) is 5.82 Å². The van der Waals surface area contributed by atoms with Gasteiger partial charge in [-0.05, 0) is 54.6 Å². The summed E-state index contributed by atoms with van der Waals surface area (Å²) >= 11 is 11.6. The van der Waals surface area contributed by atoms with Crippen molar-refractivity contribution >= 4 is 63.5 Å². The minimum absolute atomic E-state index is 0.0306. The molecule has 0 aliphatic rings. The third-order valence-electron chi connectivity index (χ3n) is 4.93. The highest BCUT2D eigenvalue weighted by molar-refractivity contribution is 7.91. The van der Waals surface area contributed by atoms with Crippen LogP contribution in [0.3, 0.4) is 0 Å². The van der Waals surface area contributed by atoms with Crippen molar-refractivity contribution in [1.82, 2.24) is 9.55 Å². The number of methoxy groups -OCH3 is 1. The van der Waals surface area contributed by atoms with Crippen molar-refractivity contribution in [3.63, 3.8) is 0 Å². The lowest BCUT2D eigenvalue weighted by molar-refractivity contribution is 0.0600. The molecule has 1 atom stereocenters. The number of halogens is 2. The lowest BCUT2D eigenvalue weighted by Crippen LogP contribution is -2.10. The lowest BCUT2D eigenvalue weighted by atomic mass is 10.2. The van der Waals surface area contributed by atoms with E-state index >= 15 is 0 Å². The number of nitrogens with zero attached hydrogens (tertiary/aromatic N) is 2. The molecule has 36 heavy (non-hydrogen) atoms. The van der Waals surface area contributed by atoms with Crippen LogP contribution in [0.25, 0.3) is 16.7 Å². The molecule has 2 N–H and O–H groups in total. The summed E-state index contributed by atoms with van der Waals surface area (Å²) < 4.78 is 48.4. The quantitative estimate of drug-likeness (QED) is 0.220. The van der Waals surface area contributed by atoms with Gasteiger partial charge < -0.3 is 19.5 Å². The predicted molar refractivity (Wildman–Crippen MR) is 135 cm³/mol. The largest absolute Gasteiger partial charge is 0.465 e. The van der Waals surface area contributed by atoms with E-state index in [-0.39, 0.29) is 10.0 Å². The molecule has 0 aliphatic carbocycles. The second-order valence-corrected chi connectivity index (χ2v) is 11.9. The normalized spacial score (nSPS) is 13.3. The summed E-state index contributed by atoms with van der Waals surface area (Å²) in [5.41, 5.74) is 1.54. The molecule has 0 aliphatic heterocycles. The monoisotopic (exact) mass is 569 g/mol. The summed E-state index contributed by atoms with van der Waals surface area (Å²) in [4.78, 5) is 25.8. The number of hydrogen-bond donors (Lipinski definition) is 2. The molecule has 0 radical (unpaired) electrons. The lowest BCUT2D eigenvalue weighted by Gasteiger charge is -2.14. The van der Waals surface area contributed by atoms with Crippen LogP contribution in [0.5, 0.6) is 0 Å². The van der Waals surface area contributed by atoms with Gasteiger partial charge in [0.25, 0.3) is 0 Å². The van der Waals surface area contributed by atoms with Gasteiger partial charge in [0.15, 0.2) is 0 Å². The molecule has 0 amide bonds. The van der Waals surface area contributed by atoms with Gasteiger partial charge in [-0.2, -0.15) is 12.4 Å². The van der Waals surface area contributed by atoms with Gasteiger partial charge in [-0.1, -0.05) is 23.2 Å². The van der Waals surface area contributed by atoms with Gasteiger partial charge >= 0.3 is 23.7 Å². The van der Waals surface area contributed by atoms with E-state index in [4.69, 9.17) is 27.9 Å². The second-order valence-electron chi connectivity index (χ2n) is 7.46. The zero-order valence-electron chi connectivity index (χ0n) is 18.5. The minimum atomic E-state index is -4.64. The third kappa shape index (κ3) is 5.89. The van der Waals surface area contributed by atoms with Crippen LogP contribution in [0.4, 0.5) is 5.69 Å². The SMILES string of the molecule is COC(=O)c1ccnc(-n2ccc3cc(NCP(=O)(O)OS(=O)(=O)c4cc(Cl)cc(Cl)c4)ccc32)c1. The number of aromatic nitrogens is 2. The Morgan fingerprint density at radius 3 is 2.53 bits per heavy atom. The van der Waals surface area contributed by atoms with Crippen LogP contribution in [0, 0.1) is 0 Å². The number of carbonyl (C=O) groups is 1. The molecule has 0 bridgehead atoms. The topological polar surface area (TPSA) is 137 Å². The molecular weight excluding hydrogens is 552 g/mol. The van der Waals surface area contributed by atoms with Crippen LogP contribution in [0.15, 0.2) is 71.9 Å². The number of pyridine rings is 1. The van der Waals surface area contributed by atoms with Crippen LogP contribution in [-0.4, -0.2) is 42.2 Å². The highest BCUT2D eigenvalue weighted by Gasteiger charge is 2.30. The Morgan fingerprint density at radius 2 is 1.83 bits per heavy atom. The Kier molecular flexibility index (Phi) is 7.42. The number of nitrogens with one attached hydrogen (secondary N) is 1. The fourth-order valence-electron chi connectivity index (χ4n) is 3.33. The maximum absolute atomic E-state index is 12.5. The average Bonchev–Trinajstić information content (AvgIpc) is 3.24. The van der Waals surface area contributed by atoms with E-state index in [1.54, 1.807) is 47.2 Å². The molecule has 1 unspecified atom stereocenters. The Morgan fingerprint density at radius 1 is 1.11 bits per heavy atom. The van der Waals surface area contributed by atoms with Crippen LogP contribution in [0.2, 0.25) is 10.0 Å². The van der Waals surface area contributed by atoms with E-state index in [1.165, 1.54) is 19.4 Å². The van der Waals surface area contributed by atoms with Gasteiger partial charge in [-0.3, -0.25) is 4.57 Å². The first kappa shape index (κ1) is 26.2. The molecule has 0 saturated heterocycles. The molecule has 10 nitrogen and oxygen atoms in total. The number of ether oxygens (including phenoxy) is 1. The van der Waals surface area contributed by atoms with Gasteiger partial charge in [-0.15, -0.1) is 0 Å². The highest BCUT2D eigenvalue weighted by Crippen LogP contribution is 2.45. The molecule has 2 heterocycles. The van der Waals surface area contributed by atoms with Crippen molar-refractivity contribution in [2.75, 3.05) is 18.7 Å². The molecule has 4 rings (SSSR count). The number of rotatable bonds is 8. The second kappa shape index (κ2) is 10.2. The summed E-state index contributed by atoms with van der Waals surface area (Å²) in [6.07, 6.45) is 2.56. The van der Waals surface area contributed by atoms with Crippen molar-refractivity contribution in [3.05, 3.63) is 82.6 Å². The number of esters is 1. The fourth-order valence-corrected chi connectivity index (χ4v) is 6.70. The van der Waals surface area contributed by atoms with E-state index in [9.17, 15) is 22.7 Å². The molecule has 0 spiro atoms. The van der Waals surface area contributed by atoms with Gasteiger partial charge in [0.2, 0.25) is 0 Å². The fraction of sp³-hybridized carbons (Fsp3) is 0.0909. The smallest absolute Gasteiger partial charge is 0.361 e. The number of anilines is 1. The zero-order valence-corrected chi connectivity index (χ0v) is 21.7. The standard InChI is InChI=1S/C22H18Cl2N3O7PS/c1-33-22(28)15-4-6-25-21(9-15)27-7-5-14-8-18(2-3-20(14)27)26-13-35(29,30)34-36(31,32)19-11-16(23)10-17(24)12-19/h2-12,26H,13H2,1H3,(H,29,30). The van der Waals surface area contributed by atoms with Crippen molar-refractivity contribution < 1.29 is 31.4 Å². The Labute approximate surface area is 216 Å². The van der Waals surface area contributed by atoms with Crippen LogP contribution in [0.1, 0.15) is 10.4 Å². The molecule has 4 aromatic rings. The molecule has 14 heteroatoms. The maximum Gasteiger partial charge on any atom is 0.361 e. The first-order valence-electron chi connectivity index (χ1n) is 10.1. The molecule has 0 saturated carbocycles. The van der Waals surface area contributed by atoms with Crippen molar-refractivity contribution in [1.29, 1.82) is 0 Å². The van der Waals surface area contributed by atoms with E-state index in [2.05, 4.69) is 14.3 Å². The Bertz CT molecular complexity index is 1600. The van der Waals surface area contributed by atoms with Crippen LogP contribution in [-0.2, 0) is 23.4 Å². The minimum Gasteiger partial charge on any atom is -0.465 e. The van der Waals surface area contributed by atoms with Gasteiger partial charge in [-0.25, -0.2) is 9.78 Å². The maximum atomic E-state index is 12.5. The van der Waals surface area contributed by atoms with Crippen LogP contribution >= 0.6 is 30.8 Å². The molecule has 2 aromatic carbocycles. The van der Waals surface area contributed by atoms with E-state index in [1.807, 2.05) is 0 Å². The molecular formula is C22H18Cl2N3O7PS. The summed E-state index contributed by atoms with van der Waals surface area (Å²) in [7, 11) is -7.95. The molecule has 188 valence electrons. The first-order chi connectivity index (χ1) is 17.0. The number of benzene rings is 2. The molecule has 0 fully saturated rings.